The van der Waals surface area contributed by atoms with Crippen LogP contribution in [0.15, 0.2) is 71.6 Å². The third-order valence-electron chi connectivity index (χ3n) is 4.42. The van der Waals surface area contributed by atoms with Gasteiger partial charge in [0.15, 0.2) is 10.1 Å². The van der Waals surface area contributed by atoms with Gasteiger partial charge in [-0.2, -0.15) is 0 Å². The first-order valence-electron chi connectivity index (χ1n) is 9.11. The fourth-order valence-corrected chi connectivity index (χ4v) is 5.23. The van der Waals surface area contributed by atoms with Gasteiger partial charge in [-0.1, -0.05) is 77.5 Å². The maximum Gasteiger partial charge on any atom is 0.270 e. The molecule has 156 valence electrons. The topological polar surface area (TPSA) is 29.5 Å². The number of hydrogen-bond acceptors (Lipinski definition) is 4. The van der Waals surface area contributed by atoms with Gasteiger partial charge in [-0.15, -0.1) is 0 Å². The van der Waals surface area contributed by atoms with Crippen LogP contribution in [0.1, 0.15) is 11.1 Å². The normalized spacial score (nSPS) is 15.1. The molecule has 0 N–H and O–H groups in total. The molecule has 0 saturated carbocycles. The molecule has 1 heterocycles. The molecule has 3 aromatic carbocycles. The van der Waals surface area contributed by atoms with Crippen molar-refractivity contribution in [3.63, 3.8) is 0 Å². The van der Waals surface area contributed by atoms with Gasteiger partial charge in [0.25, 0.3) is 5.91 Å². The fraction of sp³-hybridized carbons (Fsp3) is 0.0435. The monoisotopic (exact) mass is 597 g/mol. The van der Waals surface area contributed by atoms with E-state index < -0.39 is 0 Å². The zero-order valence-corrected chi connectivity index (χ0v) is 21.2. The average Bonchev–Trinajstić information content (AvgIpc) is 3.02. The van der Waals surface area contributed by atoms with E-state index in [9.17, 15) is 4.79 Å². The van der Waals surface area contributed by atoms with Crippen LogP contribution in [-0.2, 0) is 11.4 Å². The van der Waals surface area contributed by atoms with Crippen LogP contribution in [0.2, 0.25) is 10.0 Å². The number of hydrogen-bond donors (Lipinski definition) is 0. The number of carbonyl (C=O) groups is 1. The van der Waals surface area contributed by atoms with Crippen molar-refractivity contribution >= 4 is 91.8 Å². The van der Waals surface area contributed by atoms with E-state index in [4.69, 9.17) is 40.2 Å². The third kappa shape index (κ3) is 5.26. The Hall–Kier alpha value is -1.58. The van der Waals surface area contributed by atoms with E-state index in [2.05, 4.69) is 22.6 Å². The van der Waals surface area contributed by atoms with Crippen molar-refractivity contribution in [1.29, 1.82) is 0 Å². The van der Waals surface area contributed by atoms with Gasteiger partial charge in [0.1, 0.15) is 6.61 Å². The summed E-state index contributed by atoms with van der Waals surface area (Å²) < 4.78 is 7.48. The predicted octanol–water partition coefficient (Wildman–Crippen LogP) is 7.58. The van der Waals surface area contributed by atoms with Gasteiger partial charge < -0.3 is 4.74 Å². The Labute approximate surface area is 213 Å². The maximum absolute atomic E-state index is 12.9. The summed E-state index contributed by atoms with van der Waals surface area (Å²) in [4.78, 5) is 14.9. The van der Waals surface area contributed by atoms with Gasteiger partial charge in [0.05, 0.1) is 20.6 Å². The van der Waals surface area contributed by atoms with E-state index in [0.29, 0.717) is 37.2 Å². The molecule has 0 aromatic heterocycles. The third-order valence-corrected chi connectivity index (χ3v) is 7.01. The number of rotatable bonds is 5. The molecule has 8 heteroatoms. The number of amides is 1. The Morgan fingerprint density at radius 2 is 1.68 bits per heavy atom. The Morgan fingerprint density at radius 1 is 1.03 bits per heavy atom. The van der Waals surface area contributed by atoms with Crippen LogP contribution in [0.4, 0.5) is 5.69 Å². The van der Waals surface area contributed by atoms with Gasteiger partial charge in [-0.25, -0.2) is 0 Å². The van der Waals surface area contributed by atoms with Crippen LogP contribution in [0.25, 0.3) is 6.08 Å². The molecule has 3 aromatic rings. The van der Waals surface area contributed by atoms with Crippen molar-refractivity contribution in [2.45, 2.75) is 6.61 Å². The number of halogens is 3. The van der Waals surface area contributed by atoms with Crippen LogP contribution in [0.5, 0.6) is 5.75 Å². The lowest BCUT2D eigenvalue weighted by molar-refractivity contribution is -0.113. The van der Waals surface area contributed by atoms with Gasteiger partial charge in [0.2, 0.25) is 0 Å². The summed E-state index contributed by atoms with van der Waals surface area (Å²) in [6.07, 6.45) is 1.74. The van der Waals surface area contributed by atoms with Crippen molar-refractivity contribution in [2.24, 2.45) is 0 Å². The molecule has 0 spiro atoms. The number of carbonyl (C=O) groups excluding carboxylic acids is 1. The lowest BCUT2D eigenvalue weighted by Crippen LogP contribution is -2.27. The lowest BCUT2D eigenvalue weighted by Gasteiger charge is -2.14. The van der Waals surface area contributed by atoms with E-state index >= 15 is 0 Å². The van der Waals surface area contributed by atoms with E-state index in [0.717, 1.165) is 14.8 Å². The summed E-state index contributed by atoms with van der Waals surface area (Å²) in [7, 11) is 0. The minimum Gasteiger partial charge on any atom is -0.486 e. The van der Waals surface area contributed by atoms with Gasteiger partial charge >= 0.3 is 0 Å². The lowest BCUT2D eigenvalue weighted by atomic mass is 10.2. The standard InChI is InChI=1S/C23H14Cl2INO2S2/c24-18-10-15(11-19(25)21(18)29-13-14-6-8-16(26)9-7-14)12-20-22(28)27(23(30)31-20)17-4-2-1-3-5-17/h1-12H,13H2/b20-12+. The summed E-state index contributed by atoms with van der Waals surface area (Å²) in [5.41, 5.74) is 2.45. The SMILES string of the molecule is O=C1/C(=C\c2cc(Cl)c(OCc3ccc(I)cc3)c(Cl)c2)SC(=S)N1c1ccccc1. The summed E-state index contributed by atoms with van der Waals surface area (Å²) in [5, 5.41) is 0.755. The number of thiocarbonyl (C=S) groups is 1. The highest BCUT2D eigenvalue weighted by atomic mass is 127. The van der Waals surface area contributed by atoms with Crippen molar-refractivity contribution in [2.75, 3.05) is 4.90 Å². The second-order valence-corrected chi connectivity index (χ2v) is 10.3. The molecular weight excluding hydrogens is 584 g/mol. The first kappa shape index (κ1) is 22.6. The molecule has 1 fully saturated rings. The molecule has 0 aliphatic carbocycles. The van der Waals surface area contributed by atoms with Gasteiger partial charge in [-0.05, 0) is 76.2 Å². The van der Waals surface area contributed by atoms with E-state index in [-0.39, 0.29) is 5.91 Å². The first-order valence-corrected chi connectivity index (χ1v) is 12.2. The molecular formula is C23H14Cl2INO2S2. The molecule has 1 aliphatic rings. The summed E-state index contributed by atoms with van der Waals surface area (Å²) in [5.74, 6) is 0.239. The van der Waals surface area contributed by atoms with Crippen LogP contribution >= 0.6 is 69.8 Å². The highest BCUT2D eigenvalue weighted by Gasteiger charge is 2.33. The van der Waals surface area contributed by atoms with Gasteiger partial charge in [0, 0.05) is 3.57 Å². The molecule has 0 unspecified atom stereocenters. The number of para-hydroxylation sites is 1. The van der Waals surface area contributed by atoms with Crippen LogP contribution in [0, 0.1) is 3.57 Å². The summed E-state index contributed by atoms with van der Waals surface area (Å²) >= 11 is 21.8. The molecule has 0 bridgehead atoms. The van der Waals surface area contributed by atoms with E-state index in [1.54, 1.807) is 18.2 Å². The van der Waals surface area contributed by atoms with Crippen molar-refractivity contribution in [3.05, 3.63) is 96.4 Å². The van der Waals surface area contributed by atoms with Gasteiger partial charge in [-0.3, -0.25) is 9.69 Å². The van der Waals surface area contributed by atoms with Crippen LogP contribution < -0.4 is 9.64 Å². The molecule has 1 saturated heterocycles. The van der Waals surface area contributed by atoms with Crippen LogP contribution in [-0.4, -0.2) is 10.2 Å². The second kappa shape index (κ2) is 9.92. The average molecular weight is 598 g/mol. The molecule has 0 radical (unpaired) electrons. The van der Waals surface area contributed by atoms with E-state index in [1.807, 2.05) is 54.6 Å². The first-order chi connectivity index (χ1) is 14.9. The molecule has 1 aliphatic heterocycles. The Kier molecular flexibility index (Phi) is 7.23. The number of anilines is 1. The molecule has 1 amide bonds. The minimum absolute atomic E-state index is 0.174. The number of benzene rings is 3. The molecule has 31 heavy (non-hydrogen) atoms. The molecule has 3 nitrogen and oxygen atoms in total. The zero-order valence-electron chi connectivity index (χ0n) is 15.8. The minimum atomic E-state index is -0.174. The molecule has 4 rings (SSSR count). The van der Waals surface area contributed by atoms with Crippen LogP contribution in [0.3, 0.4) is 0 Å². The highest BCUT2D eigenvalue weighted by molar-refractivity contribution is 14.1. The van der Waals surface area contributed by atoms with Crippen molar-refractivity contribution in [1.82, 2.24) is 0 Å². The fourth-order valence-electron chi connectivity index (χ4n) is 2.96. The summed E-state index contributed by atoms with van der Waals surface area (Å²) in [6.45, 7) is 0.353. The second-order valence-electron chi connectivity index (χ2n) is 6.58. The zero-order chi connectivity index (χ0) is 22.0. The largest absolute Gasteiger partial charge is 0.486 e. The number of nitrogens with zero attached hydrogens (tertiary/aromatic N) is 1. The Morgan fingerprint density at radius 3 is 2.32 bits per heavy atom. The Balaban J connectivity index is 1.54. The quantitative estimate of drug-likeness (QED) is 0.172. The summed E-state index contributed by atoms with van der Waals surface area (Å²) in [6, 6.07) is 20.8. The van der Waals surface area contributed by atoms with Crippen molar-refractivity contribution < 1.29 is 9.53 Å². The predicted molar refractivity (Wildman–Crippen MR) is 142 cm³/mol. The smallest absolute Gasteiger partial charge is 0.270 e. The highest BCUT2D eigenvalue weighted by Crippen LogP contribution is 2.39. The van der Waals surface area contributed by atoms with Crippen molar-refractivity contribution in [3.8, 4) is 5.75 Å². The van der Waals surface area contributed by atoms with E-state index in [1.165, 1.54) is 16.7 Å². The molecule has 0 atom stereocenters. The maximum atomic E-state index is 12.9. The Bertz CT molecular complexity index is 1160. The number of thioether (sulfide) groups is 1. The number of ether oxygens (including phenoxy) is 1.